The molecule has 70 valence electrons. The summed E-state index contributed by atoms with van der Waals surface area (Å²) in [6.07, 6.45) is 0. The average molecular weight is 208 g/mol. The molecule has 0 saturated carbocycles. The molecular formula is C2H10O7P2. The molecule has 0 fully saturated rings. The van der Waals surface area contributed by atoms with E-state index in [1.807, 2.05) is 0 Å². The van der Waals surface area contributed by atoms with Crippen LogP contribution in [0.5, 0.6) is 0 Å². The quantitative estimate of drug-likeness (QED) is 0.429. The minimum absolute atomic E-state index is 1.13. The summed E-state index contributed by atoms with van der Waals surface area (Å²) in [5.41, 5.74) is 0. The Morgan fingerprint density at radius 3 is 1.18 bits per heavy atom. The minimum Gasteiger partial charge on any atom is -0.324 e. The Balaban J connectivity index is 0. The Labute approximate surface area is 63.4 Å². The van der Waals surface area contributed by atoms with Crippen LogP contribution in [0.4, 0.5) is 0 Å². The Bertz CT molecular complexity index is 167. The lowest BCUT2D eigenvalue weighted by Gasteiger charge is -1.96. The molecule has 0 aliphatic rings. The highest BCUT2D eigenvalue weighted by molar-refractivity contribution is 7.51. The monoisotopic (exact) mass is 208 g/mol. The van der Waals surface area contributed by atoms with Gasteiger partial charge in [0.1, 0.15) is 0 Å². The Morgan fingerprint density at radius 1 is 1.09 bits per heavy atom. The van der Waals surface area contributed by atoms with Gasteiger partial charge in [0.05, 0.1) is 0 Å². The zero-order valence-electron chi connectivity index (χ0n) is 5.91. The SMILES string of the molecule is COP(C)(=O)O.O=P(O)(O)O. The molecule has 4 N–H and O–H groups in total. The van der Waals surface area contributed by atoms with Gasteiger partial charge < -0.3 is 24.1 Å². The van der Waals surface area contributed by atoms with Crippen molar-refractivity contribution < 1.29 is 33.2 Å². The molecule has 0 bridgehead atoms. The maximum Gasteiger partial charge on any atom is 0.466 e. The van der Waals surface area contributed by atoms with Crippen LogP contribution >= 0.6 is 15.4 Å². The second kappa shape index (κ2) is 5.00. The summed E-state index contributed by atoms with van der Waals surface area (Å²) in [7, 11) is -6.59. The molecule has 0 aromatic carbocycles. The van der Waals surface area contributed by atoms with Gasteiger partial charge in [0.2, 0.25) is 0 Å². The van der Waals surface area contributed by atoms with Crippen molar-refractivity contribution in [3.63, 3.8) is 0 Å². The van der Waals surface area contributed by atoms with Crippen molar-refractivity contribution in [2.75, 3.05) is 13.8 Å². The van der Waals surface area contributed by atoms with Gasteiger partial charge in [0.25, 0.3) is 0 Å². The standard InChI is InChI=1S/C2H7O3P.H3O4P/c1-5-6(2,3)4;1-5(2,3)4/h1-2H3,(H,3,4);(H3,1,2,3,4). The average Bonchev–Trinajstić information content (AvgIpc) is 1.59. The molecule has 0 aromatic rings. The van der Waals surface area contributed by atoms with Crippen molar-refractivity contribution in [2.24, 2.45) is 0 Å². The Kier molecular flexibility index (Phi) is 6.29. The lowest BCUT2D eigenvalue weighted by molar-refractivity contribution is 0.275. The summed E-state index contributed by atoms with van der Waals surface area (Å²) in [4.78, 5) is 29.7. The van der Waals surface area contributed by atoms with E-state index in [0.717, 1.165) is 6.66 Å². The first-order valence-electron chi connectivity index (χ1n) is 2.20. The van der Waals surface area contributed by atoms with Gasteiger partial charge >= 0.3 is 15.4 Å². The van der Waals surface area contributed by atoms with Gasteiger partial charge in [-0.2, -0.15) is 0 Å². The van der Waals surface area contributed by atoms with Crippen LogP contribution in [0.25, 0.3) is 0 Å². The molecule has 0 saturated heterocycles. The first kappa shape index (κ1) is 13.8. The topological polar surface area (TPSA) is 124 Å². The van der Waals surface area contributed by atoms with Gasteiger partial charge in [0, 0.05) is 13.8 Å². The van der Waals surface area contributed by atoms with E-state index in [2.05, 4.69) is 4.52 Å². The normalized spacial score (nSPS) is 16.2. The van der Waals surface area contributed by atoms with Crippen molar-refractivity contribution >= 4 is 15.4 Å². The van der Waals surface area contributed by atoms with Gasteiger partial charge in [-0.1, -0.05) is 0 Å². The van der Waals surface area contributed by atoms with Gasteiger partial charge in [0.15, 0.2) is 0 Å². The van der Waals surface area contributed by atoms with Gasteiger partial charge in [-0.25, -0.2) is 4.57 Å². The fourth-order valence-corrected chi connectivity index (χ4v) is 0. The highest BCUT2D eigenvalue weighted by Crippen LogP contribution is 2.34. The summed E-state index contributed by atoms with van der Waals surface area (Å²) in [5.74, 6) is 0. The smallest absolute Gasteiger partial charge is 0.324 e. The second-order valence-corrected chi connectivity index (χ2v) is 4.50. The molecule has 11 heavy (non-hydrogen) atoms. The third-order valence-electron chi connectivity index (χ3n) is 0.339. The van der Waals surface area contributed by atoms with E-state index in [1.54, 1.807) is 0 Å². The maximum atomic E-state index is 9.92. The van der Waals surface area contributed by atoms with Crippen LogP contribution < -0.4 is 0 Å². The van der Waals surface area contributed by atoms with E-state index >= 15 is 0 Å². The Hall–Kier alpha value is 0.260. The fourth-order valence-electron chi connectivity index (χ4n) is 0. The first-order valence-corrected chi connectivity index (χ1v) is 5.79. The van der Waals surface area contributed by atoms with Crippen LogP contribution in [-0.4, -0.2) is 33.3 Å². The molecule has 1 unspecified atom stereocenters. The van der Waals surface area contributed by atoms with E-state index in [4.69, 9.17) is 24.1 Å². The lowest BCUT2D eigenvalue weighted by Crippen LogP contribution is -1.75. The number of rotatable bonds is 1. The van der Waals surface area contributed by atoms with Gasteiger partial charge in [-0.15, -0.1) is 0 Å². The molecule has 9 heteroatoms. The van der Waals surface area contributed by atoms with E-state index in [9.17, 15) is 4.57 Å². The fraction of sp³-hybridized carbons (Fsp3) is 1.00. The third-order valence-corrected chi connectivity index (χ3v) is 1.02. The second-order valence-electron chi connectivity index (χ2n) is 1.50. The zero-order valence-corrected chi connectivity index (χ0v) is 7.70. The van der Waals surface area contributed by atoms with Crippen LogP contribution in [0.1, 0.15) is 0 Å². The molecule has 0 aliphatic heterocycles. The molecule has 0 rings (SSSR count). The predicted molar refractivity (Wildman–Crippen MR) is 37.0 cm³/mol. The Morgan fingerprint density at radius 2 is 1.18 bits per heavy atom. The van der Waals surface area contributed by atoms with Crippen molar-refractivity contribution in [3.05, 3.63) is 0 Å². The lowest BCUT2D eigenvalue weighted by atomic mass is 11.8. The summed E-state index contributed by atoms with van der Waals surface area (Å²) in [6, 6.07) is 0. The molecule has 7 nitrogen and oxygen atoms in total. The molecule has 0 heterocycles. The van der Waals surface area contributed by atoms with Crippen LogP contribution in [0, 0.1) is 0 Å². The highest BCUT2D eigenvalue weighted by atomic mass is 31.2. The molecule has 0 amide bonds. The molecule has 0 aliphatic carbocycles. The van der Waals surface area contributed by atoms with E-state index < -0.39 is 15.4 Å². The molecule has 0 spiro atoms. The summed E-state index contributed by atoms with van der Waals surface area (Å²) >= 11 is 0. The number of hydrogen-bond acceptors (Lipinski definition) is 3. The van der Waals surface area contributed by atoms with Crippen LogP contribution in [-0.2, 0) is 13.7 Å². The zero-order chi connectivity index (χ0) is 9.71. The van der Waals surface area contributed by atoms with Crippen molar-refractivity contribution in [3.8, 4) is 0 Å². The van der Waals surface area contributed by atoms with Crippen molar-refractivity contribution in [1.29, 1.82) is 0 Å². The maximum absolute atomic E-state index is 9.92. The van der Waals surface area contributed by atoms with Crippen molar-refractivity contribution in [2.45, 2.75) is 0 Å². The summed E-state index contributed by atoms with van der Waals surface area (Å²) < 4.78 is 22.8. The predicted octanol–water partition coefficient (Wildman–Crippen LogP) is -0.481. The van der Waals surface area contributed by atoms with E-state index in [-0.39, 0.29) is 0 Å². The highest BCUT2D eigenvalue weighted by Gasteiger charge is 2.02. The molecule has 1 atom stereocenters. The van der Waals surface area contributed by atoms with Crippen LogP contribution in [0.3, 0.4) is 0 Å². The third kappa shape index (κ3) is 65.9. The molecule has 0 aromatic heterocycles. The number of hydrogen-bond donors (Lipinski definition) is 4. The number of phosphoric acid groups is 1. The molecular weight excluding hydrogens is 198 g/mol. The largest absolute Gasteiger partial charge is 0.466 e. The van der Waals surface area contributed by atoms with Crippen LogP contribution in [0.2, 0.25) is 0 Å². The van der Waals surface area contributed by atoms with Crippen molar-refractivity contribution in [1.82, 2.24) is 0 Å². The van der Waals surface area contributed by atoms with Gasteiger partial charge in [-0.3, -0.25) is 4.57 Å². The first-order chi connectivity index (χ1) is 4.56. The van der Waals surface area contributed by atoms with Crippen LogP contribution in [0.15, 0.2) is 0 Å². The molecule has 0 radical (unpaired) electrons. The summed E-state index contributed by atoms with van der Waals surface area (Å²) in [5, 5.41) is 0. The minimum atomic E-state index is -4.64. The van der Waals surface area contributed by atoms with E-state index in [0.29, 0.717) is 0 Å². The van der Waals surface area contributed by atoms with E-state index in [1.165, 1.54) is 7.11 Å². The summed E-state index contributed by atoms with van der Waals surface area (Å²) in [6.45, 7) is 1.13. The van der Waals surface area contributed by atoms with Gasteiger partial charge in [-0.05, 0) is 0 Å².